The zero-order valence-electron chi connectivity index (χ0n) is 10.9. The molecule has 1 N–H and O–H groups in total. The highest BCUT2D eigenvalue weighted by Crippen LogP contribution is 2.29. The predicted molar refractivity (Wildman–Crippen MR) is 67.0 cm³/mol. The number of carbonyl (C=O) groups is 1. The van der Waals surface area contributed by atoms with Gasteiger partial charge in [-0.25, -0.2) is 0 Å². The van der Waals surface area contributed by atoms with E-state index in [1.54, 1.807) is 4.90 Å². The minimum Gasteiger partial charge on any atom is -0.391 e. The summed E-state index contributed by atoms with van der Waals surface area (Å²) in [6.45, 7) is 0.899. The Kier molecular flexibility index (Phi) is 4.32. The number of halogens is 3. The van der Waals surface area contributed by atoms with Crippen LogP contribution in [-0.4, -0.2) is 35.1 Å². The molecule has 1 amide bonds. The van der Waals surface area contributed by atoms with E-state index in [9.17, 15) is 23.1 Å². The number of aliphatic hydroxyl groups is 1. The zero-order valence-corrected chi connectivity index (χ0v) is 10.9. The lowest BCUT2D eigenvalue weighted by Crippen LogP contribution is -2.42. The Balaban J connectivity index is 1.97. The summed E-state index contributed by atoms with van der Waals surface area (Å²) < 4.78 is 37.2. The van der Waals surface area contributed by atoms with Crippen molar-refractivity contribution in [3.05, 3.63) is 35.4 Å². The van der Waals surface area contributed by atoms with E-state index < -0.39 is 17.8 Å². The van der Waals surface area contributed by atoms with Gasteiger partial charge in [0.05, 0.1) is 18.1 Å². The van der Waals surface area contributed by atoms with Crippen LogP contribution in [0.25, 0.3) is 0 Å². The minimum atomic E-state index is -4.36. The maximum Gasteiger partial charge on any atom is 0.416 e. The van der Waals surface area contributed by atoms with Gasteiger partial charge in [0.2, 0.25) is 5.91 Å². The number of hydrogen-bond donors (Lipinski definition) is 1. The highest BCUT2D eigenvalue weighted by atomic mass is 19.4. The summed E-state index contributed by atoms with van der Waals surface area (Å²) in [5, 5.41) is 9.50. The fourth-order valence-corrected chi connectivity index (χ4v) is 2.28. The number of rotatable bonds is 2. The zero-order chi connectivity index (χ0) is 14.8. The molecule has 0 bridgehead atoms. The quantitative estimate of drug-likeness (QED) is 0.906. The minimum absolute atomic E-state index is 0.0604. The van der Waals surface area contributed by atoms with Crippen LogP contribution in [0.3, 0.4) is 0 Å². The van der Waals surface area contributed by atoms with Crippen LogP contribution in [0.1, 0.15) is 24.0 Å². The van der Waals surface area contributed by atoms with E-state index in [-0.39, 0.29) is 12.3 Å². The van der Waals surface area contributed by atoms with Gasteiger partial charge in [-0.15, -0.1) is 0 Å². The predicted octanol–water partition coefficient (Wildman–Crippen LogP) is 2.23. The van der Waals surface area contributed by atoms with Gasteiger partial charge in [-0.05, 0) is 30.5 Å². The van der Waals surface area contributed by atoms with Crippen LogP contribution in [-0.2, 0) is 17.4 Å². The summed E-state index contributed by atoms with van der Waals surface area (Å²) in [5.41, 5.74) is -0.176. The molecule has 1 aromatic carbocycles. The van der Waals surface area contributed by atoms with Crippen LogP contribution < -0.4 is 0 Å². The number of hydrogen-bond acceptors (Lipinski definition) is 2. The van der Waals surface area contributed by atoms with Crippen LogP contribution >= 0.6 is 0 Å². The van der Waals surface area contributed by atoms with Crippen LogP contribution in [0.15, 0.2) is 24.3 Å². The first-order valence-electron chi connectivity index (χ1n) is 6.48. The standard InChI is InChI=1S/C14H16F3NO2/c15-14(16,17)11-5-3-10(4-6-11)8-13(20)18-7-1-2-12(19)9-18/h3-6,12,19H,1-2,7-9H2/t12-/m0/s1. The first-order valence-corrected chi connectivity index (χ1v) is 6.48. The molecule has 1 fully saturated rings. The molecule has 1 atom stereocenters. The number of aliphatic hydroxyl groups excluding tert-OH is 1. The number of piperidine rings is 1. The average molecular weight is 287 g/mol. The third-order valence-corrected chi connectivity index (χ3v) is 3.39. The summed E-state index contributed by atoms with van der Waals surface area (Å²) in [7, 11) is 0. The second-order valence-corrected chi connectivity index (χ2v) is 5.01. The average Bonchev–Trinajstić information content (AvgIpc) is 2.38. The highest BCUT2D eigenvalue weighted by Gasteiger charge is 2.30. The highest BCUT2D eigenvalue weighted by molar-refractivity contribution is 5.78. The summed E-state index contributed by atoms with van der Waals surface area (Å²) >= 11 is 0. The Labute approximate surface area is 115 Å². The monoisotopic (exact) mass is 287 g/mol. The number of carbonyl (C=O) groups excluding carboxylic acids is 1. The molecule has 2 rings (SSSR count). The molecule has 20 heavy (non-hydrogen) atoms. The summed E-state index contributed by atoms with van der Waals surface area (Å²) in [6.07, 6.45) is -3.37. The van der Waals surface area contributed by atoms with Gasteiger partial charge >= 0.3 is 6.18 Å². The SMILES string of the molecule is O=C(Cc1ccc(C(F)(F)F)cc1)N1CCC[C@H](O)C1. The van der Waals surface area contributed by atoms with Crippen molar-refractivity contribution >= 4 is 5.91 Å². The van der Waals surface area contributed by atoms with E-state index in [4.69, 9.17) is 0 Å². The van der Waals surface area contributed by atoms with Gasteiger partial charge in [0.1, 0.15) is 0 Å². The Morgan fingerprint density at radius 2 is 1.95 bits per heavy atom. The van der Waals surface area contributed by atoms with Crippen LogP contribution in [0.5, 0.6) is 0 Å². The van der Waals surface area contributed by atoms with Crippen molar-refractivity contribution in [1.29, 1.82) is 0 Å². The Morgan fingerprint density at radius 3 is 2.50 bits per heavy atom. The van der Waals surface area contributed by atoms with E-state index in [1.165, 1.54) is 12.1 Å². The van der Waals surface area contributed by atoms with Crippen molar-refractivity contribution in [3.8, 4) is 0 Å². The van der Waals surface area contributed by atoms with Gasteiger partial charge in [-0.1, -0.05) is 12.1 Å². The molecule has 1 heterocycles. The van der Waals surface area contributed by atoms with Crippen LogP contribution in [0.2, 0.25) is 0 Å². The third-order valence-electron chi connectivity index (χ3n) is 3.39. The number of benzene rings is 1. The van der Waals surface area contributed by atoms with Gasteiger partial charge in [-0.2, -0.15) is 13.2 Å². The molecule has 6 heteroatoms. The van der Waals surface area contributed by atoms with E-state index >= 15 is 0 Å². The van der Waals surface area contributed by atoms with E-state index in [2.05, 4.69) is 0 Å². The van der Waals surface area contributed by atoms with Gasteiger partial charge in [0, 0.05) is 13.1 Å². The Hall–Kier alpha value is -1.56. The summed E-state index contributed by atoms with van der Waals surface area (Å²) in [4.78, 5) is 13.5. The topological polar surface area (TPSA) is 40.5 Å². The molecule has 0 spiro atoms. The Bertz CT molecular complexity index is 470. The molecule has 0 unspecified atom stereocenters. The van der Waals surface area contributed by atoms with Gasteiger partial charge in [0.15, 0.2) is 0 Å². The van der Waals surface area contributed by atoms with Crippen molar-refractivity contribution in [3.63, 3.8) is 0 Å². The second kappa shape index (κ2) is 5.83. The molecule has 110 valence electrons. The molecule has 1 aromatic rings. The number of likely N-dealkylation sites (tertiary alicyclic amines) is 1. The molecule has 3 nitrogen and oxygen atoms in total. The fraction of sp³-hybridized carbons (Fsp3) is 0.500. The number of amides is 1. The molecule has 0 radical (unpaired) electrons. The van der Waals surface area contributed by atoms with Crippen LogP contribution in [0, 0.1) is 0 Å². The number of β-amino-alcohol motifs (C(OH)–C–C–N with tert-alkyl or cyclic N) is 1. The normalized spacial score (nSPS) is 20.0. The maximum atomic E-state index is 12.4. The summed E-state index contributed by atoms with van der Waals surface area (Å²) in [5.74, 6) is -0.163. The number of nitrogens with zero attached hydrogens (tertiary/aromatic N) is 1. The van der Waals surface area contributed by atoms with E-state index in [0.29, 0.717) is 25.1 Å². The molecular formula is C14H16F3NO2. The van der Waals surface area contributed by atoms with Crippen molar-refractivity contribution < 1.29 is 23.1 Å². The largest absolute Gasteiger partial charge is 0.416 e. The third kappa shape index (κ3) is 3.72. The second-order valence-electron chi connectivity index (χ2n) is 5.01. The molecule has 1 saturated heterocycles. The maximum absolute atomic E-state index is 12.4. The molecular weight excluding hydrogens is 271 g/mol. The van der Waals surface area contributed by atoms with E-state index in [0.717, 1.165) is 18.6 Å². The first-order chi connectivity index (χ1) is 9.36. The lowest BCUT2D eigenvalue weighted by atomic mass is 10.1. The summed E-state index contributed by atoms with van der Waals surface area (Å²) in [6, 6.07) is 4.60. The molecule has 0 aliphatic carbocycles. The van der Waals surface area contributed by atoms with Crippen molar-refractivity contribution in [2.75, 3.05) is 13.1 Å². The fourth-order valence-electron chi connectivity index (χ4n) is 2.28. The van der Waals surface area contributed by atoms with Gasteiger partial charge < -0.3 is 10.0 Å². The van der Waals surface area contributed by atoms with Crippen molar-refractivity contribution in [1.82, 2.24) is 4.90 Å². The van der Waals surface area contributed by atoms with E-state index in [1.807, 2.05) is 0 Å². The number of alkyl halides is 3. The molecule has 1 aliphatic heterocycles. The van der Waals surface area contributed by atoms with Crippen molar-refractivity contribution in [2.24, 2.45) is 0 Å². The molecule has 0 saturated carbocycles. The molecule has 1 aliphatic rings. The Morgan fingerprint density at radius 1 is 1.30 bits per heavy atom. The van der Waals surface area contributed by atoms with Crippen LogP contribution in [0.4, 0.5) is 13.2 Å². The lowest BCUT2D eigenvalue weighted by Gasteiger charge is -2.30. The van der Waals surface area contributed by atoms with Gasteiger partial charge in [-0.3, -0.25) is 4.79 Å². The first kappa shape index (κ1) is 14.8. The van der Waals surface area contributed by atoms with Gasteiger partial charge in [0.25, 0.3) is 0 Å². The smallest absolute Gasteiger partial charge is 0.391 e. The molecule has 0 aromatic heterocycles. The lowest BCUT2D eigenvalue weighted by molar-refractivity contribution is -0.137. The van der Waals surface area contributed by atoms with Crippen molar-refractivity contribution in [2.45, 2.75) is 31.5 Å².